The third-order valence-corrected chi connectivity index (χ3v) is 11.3. The molecule has 0 spiro atoms. The van der Waals surface area contributed by atoms with E-state index in [2.05, 4.69) is 9.64 Å². The van der Waals surface area contributed by atoms with Crippen LogP contribution in [0.15, 0.2) is 59.5 Å². The number of hydrogen-bond acceptors (Lipinski definition) is 10. The number of aliphatic hydroxyl groups excluding tert-OH is 1. The Labute approximate surface area is 305 Å². The SMILES string of the molecule is CCN(CC)Cc1ccc(OC)c(C2(N3C[C@H](O)C[C@H]3C(=O)N(C)C)C(=O)N(S(=O)(=O)c3ccc(OC)cc3OC(F)(F)F)c3ccc(Cl)cc32)c1. The van der Waals surface area contributed by atoms with E-state index in [-0.39, 0.29) is 46.3 Å². The molecule has 1 unspecified atom stereocenters. The summed E-state index contributed by atoms with van der Waals surface area (Å²) in [7, 11) is 0.307. The molecule has 1 N–H and O–H groups in total. The number of β-amino-alcohol motifs (C(OH)–C–C–N with tert-alkyl or cyclic N) is 1. The Kier molecular flexibility index (Phi) is 11.1. The number of amides is 2. The van der Waals surface area contributed by atoms with Crippen LogP contribution < -0.4 is 18.5 Å². The lowest BCUT2D eigenvalue weighted by atomic mass is 9.80. The number of benzene rings is 3. The van der Waals surface area contributed by atoms with Gasteiger partial charge in [-0.3, -0.25) is 19.4 Å². The smallest absolute Gasteiger partial charge is 0.497 e. The highest BCUT2D eigenvalue weighted by Gasteiger charge is 2.64. The van der Waals surface area contributed by atoms with Crippen molar-refractivity contribution in [2.24, 2.45) is 0 Å². The van der Waals surface area contributed by atoms with Crippen LogP contribution in [0.3, 0.4) is 0 Å². The summed E-state index contributed by atoms with van der Waals surface area (Å²) in [6.07, 6.45) is -6.56. The van der Waals surface area contributed by atoms with Crippen LogP contribution in [0.4, 0.5) is 18.9 Å². The van der Waals surface area contributed by atoms with Crippen molar-refractivity contribution in [1.82, 2.24) is 14.7 Å². The average molecular weight is 769 g/mol. The number of halogens is 4. The standard InChI is InChI=1S/C35H40ClF3N4O8S/c1-7-41(8-2)19-21-9-13-29(50-6)26(15-21)34(42-20-23(44)17-28(42)32(45)40(3)4)25-16-22(36)10-12-27(25)43(33(34)46)52(47,48)31-14-11-24(49-5)18-30(31)51-35(37,38)39/h9-16,18,23,28,44H,7-8,17,19-20H2,1-6H3/t23-,28+,34?/m1/s1. The van der Waals surface area contributed by atoms with E-state index in [1.165, 1.54) is 56.3 Å². The number of sulfonamides is 1. The van der Waals surface area contributed by atoms with E-state index in [4.69, 9.17) is 21.1 Å². The molecule has 12 nitrogen and oxygen atoms in total. The predicted molar refractivity (Wildman–Crippen MR) is 186 cm³/mol. The second-order valence-corrected chi connectivity index (χ2v) is 14.8. The number of likely N-dealkylation sites (N-methyl/N-ethyl adjacent to an activating group) is 1. The fraction of sp³-hybridized carbons (Fsp3) is 0.429. The molecular formula is C35H40ClF3N4O8S. The molecule has 2 aliphatic rings. The minimum absolute atomic E-state index is 0.00400. The van der Waals surface area contributed by atoms with Crippen LogP contribution in [0.1, 0.15) is 37.0 Å². The molecular weight excluding hydrogens is 729 g/mol. The normalized spacial score (nSPS) is 20.7. The van der Waals surface area contributed by atoms with Crippen molar-refractivity contribution in [3.05, 3.63) is 76.3 Å². The van der Waals surface area contributed by atoms with Gasteiger partial charge in [0.15, 0.2) is 11.3 Å². The number of anilines is 1. The first-order valence-electron chi connectivity index (χ1n) is 16.3. The van der Waals surface area contributed by atoms with Crippen molar-refractivity contribution in [3.8, 4) is 17.2 Å². The van der Waals surface area contributed by atoms with E-state index in [1.807, 2.05) is 13.8 Å². The first-order chi connectivity index (χ1) is 24.4. The molecule has 2 heterocycles. The summed E-state index contributed by atoms with van der Waals surface area (Å²) in [6.45, 7) is 5.49. The van der Waals surface area contributed by atoms with Gasteiger partial charge in [-0.2, -0.15) is 0 Å². The first kappa shape index (κ1) is 39.1. The highest BCUT2D eigenvalue weighted by atomic mass is 35.5. The van der Waals surface area contributed by atoms with Gasteiger partial charge in [0.2, 0.25) is 5.91 Å². The molecule has 52 heavy (non-hydrogen) atoms. The summed E-state index contributed by atoms with van der Waals surface area (Å²) in [4.78, 5) is 33.3. The van der Waals surface area contributed by atoms with Crippen molar-refractivity contribution in [1.29, 1.82) is 0 Å². The van der Waals surface area contributed by atoms with Gasteiger partial charge in [-0.25, -0.2) is 12.7 Å². The number of aliphatic hydroxyl groups is 1. The lowest BCUT2D eigenvalue weighted by Gasteiger charge is -2.42. The second kappa shape index (κ2) is 14.7. The van der Waals surface area contributed by atoms with Crippen LogP contribution in [0, 0.1) is 0 Å². The summed E-state index contributed by atoms with van der Waals surface area (Å²) in [5.74, 6) is -2.78. The molecule has 17 heteroatoms. The quantitative estimate of drug-likeness (QED) is 0.279. The molecule has 0 radical (unpaired) electrons. The first-order valence-corrected chi connectivity index (χ1v) is 18.2. The molecule has 1 saturated heterocycles. The fourth-order valence-electron chi connectivity index (χ4n) is 6.97. The van der Waals surface area contributed by atoms with Crippen LogP contribution in [-0.2, 0) is 31.7 Å². The number of likely N-dealkylation sites (tertiary alicyclic amines) is 1. The zero-order valence-electron chi connectivity index (χ0n) is 29.4. The summed E-state index contributed by atoms with van der Waals surface area (Å²) in [6, 6.07) is 10.6. The highest BCUT2D eigenvalue weighted by Crippen LogP contribution is 2.55. The molecule has 3 aromatic carbocycles. The maximum Gasteiger partial charge on any atom is 0.573 e. The molecule has 5 rings (SSSR count). The molecule has 0 aliphatic carbocycles. The lowest BCUT2D eigenvalue weighted by molar-refractivity contribution is -0.275. The number of methoxy groups -OCH3 is 2. The van der Waals surface area contributed by atoms with Crippen molar-refractivity contribution >= 4 is 39.1 Å². The second-order valence-electron chi connectivity index (χ2n) is 12.6. The van der Waals surface area contributed by atoms with Gasteiger partial charge >= 0.3 is 6.36 Å². The zero-order valence-corrected chi connectivity index (χ0v) is 31.0. The third-order valence-electron chi connectivity index (χ3n) is 9.35. The van der Waals surface area contributed by atoms with Gasteiger partial charge in [0.25, 0.3) is 15.9 Å². The summed E-state index contributed by atoms with van der Waals surface area (Å²) in [5.41, 5.74) is -1.61. The summed E-state index contributed by atoms with van der Waals surface area (Å²) >= 11 is 6.57. The maximum absolute atomic E-state index is 15.6. The molecule has 0 saturated carbocycles. The van der Waals surface area contributed by atoms with E-state index in [1.54, 1.807) is 18.2 Å². The van der Waals surface area contributed by atoms with E-state index < -0.39 is 56.5 Å². The molecule has 0 bridgehead atoms. The van der Waals surface area contributed by atoms with Gasteiger partial charge in [-0.05, 0) is 67.5 Å². The van der Waals surface area contributed by atoms with Gasteiger partial charge in [-0.1, -0.05) is 31.5 Å². The maximum atomic E-state index is 15.6. The Balaban J connectivity index is 1.88. The van der Waals surface area contributed by atoms with E-state index in [0.717, 1.165) is 18.2 Å². The summed E-state index contributed by atoms with van der Waals surface area (Å²) in [5, 5.41) is 11.2. The number of nitrogens with zero attached hydrogens (tertiary/aromatic N) is 4. The monoisotopic (exact) mass is 768 g/mol. The molecule has 2 aliphatic heterocycles. The molecule has 1 fully saturated rings. The third kappa shape index (κ3) is 6.89. The van der Waals surface area contributed by atoms with E-state index >= 15 is 4.79 Å². The predicted octanol–water partition coefficient (Wildman–Crippen LogP) is 4.60. The topological polar surface area (TPSA) is 129 Å². The number of ether oxygens (including phenoxy) is 3. The molecule has 3 aromatic rings. The van der Waals surface area contributed by atoms with Gasteiger partial charge in [-0.15, -0.1) is 13.2 Å². The van der Waals surface area contributed by atoms with Gasteiger partial charge < -0.3 is 24.2 Å². The van der Waals surface area contributed by atoms with Gasteiger partial charge in [0.1, 0.15) is 16.4 Å². The van der Waals surface area contributed by atoms with E-state index in [0.29, 0.717) is 29.5 Å². The van der Waals surface area contributed by atoms with Crippen LogP contribution in [0.5, 0.6) is 17.2 Å². The Morgan fingerprint density at radius 2 is 1.69 bits per heavy atom. The molecule has 2 amide bonds. The molecule has 282 valence electrons. The lowest BCUT2D eigenvalue weighted by Crippen LogP contribution is -2.59. The number of rotatable bonds is 12. The van der Waals surface area contributed by atoms with Crippen molar-refractivity contribution in [3.63, 3.8) is 0 Å². The van der Waals surface area contributed by atoms with Crippen LogP contribution >= 0.6 is 11.6 Å². The van der Waals surface area contributed by atoms with Crippen molar-refractivity contribution in [2.75, 3.05) is 52.3 Å². The summed E-state index contributed by atoms with van der Waals surface area (Å²) < 4.78 is 86.0. The minimum atomic E-state index is -5.31. The van der Waals surface area contributed by atoms with Crippen molar-refractivity contribution in [2.45, 2.75) is 55.8 Å². The minimum Gasteiger partial charge on any atom is -0.497 e. The Bertz CT molecular complexity index is 1960. The highest BCUT2D eigenvalue weighted by molar-refractivity contribution is 7.93. The van der Waals surface area contributed by atoms with Crippen LogP contribution in [-0.4, -0.2) is 106 Å². The van der Waals surface area contributed by atoms with Gasteiger partial charge in [0, 0.05) is 49.4 Å². The number of carbonyl (C=O) groups is 2. The zero-order chi connectivity index (χ0) is 38.3. The number of alkyl halides is 3. The largest absolute Gasteiger partial charge is 0.573 e. The average Bonchev–Trinajstić information content (AvgIpc) is 3.60. The number of fused-ring (bicyclic) bond motifs is 1. The van der Waals surface area contributed by atoms with Crippen molar-refractivity contribution < 1.29 is 50.5 Å². The Hall–Kier alpha value is -4.09. The van der Waals surface area contributed by atoms with E-state index in [9.17, 15) is 31.5 Å². The molecule has 3 atom stereocenters. The molecule has 0 aromatic heterocycles. The Morgan fingerprint density at radius 1 is 1.00 bits per heavy atom. The van der Waals surface area contributed by atoms with Crippen LogP contribution in [0.25, 0.3) is 0 Å². The Morgan fingerprint density at radius 3 is 2.29 bits per heavy atom. The fourth-order valence-corrected chi connectivity index (χ4v) is 8.70. The van der Waals surface area contributed by atoms with Gasteiger partial charge in [0.05, 0.1) is 32.1 Å². The number of hydrogen-bond donors (Lipinski definition) is 1. The number of carbonyl (C=O) groups excluding carboxylic acids is 2. The van der Waals surface area contributed by atoms with Crippen LogP contribution in [0.2, 0.25) is 5.02 Å².